The highest BCUT2D eigenvalue weighted by atomic mass is 19.4. The van der Waals surface area contributed by atoms with Gasteiger partial charge in [0.25, 0.3) is 0 Å². The van der Waals surface area contributed by atoms with E-state index in [1.807, 2.05) is 0 Å². The van der Waals surface area contributed by atoms with Crippen LogP contribution in [0.4, 0.5) is 13.2 Å². The summed E-state index contributed by atoms with van der Waals surface area (Å²) in [4.78, 5) is 9.63. The number of hydrogen-bond donors (Lipinski definition) is 1. The Morgan fingerprint density at radius 3 is 2.30 bits per heavy atom. The fourth-order valence-electron chi connectivity index (χ4n) is 0.293. The number of carboxylic acids is 1. The van der Waals surface area contributed by atoms with Gasteiger partial charge in [-0.05, 0) is 0 Å². The van der Waals surface area contributed by atoms with Gasteiger partial charge in [-0.15, -0.1) is 0 Å². The number of hydrogen-bond acceptors (Lipinski definition) is 1. The SMILES string of the molecule is O=C(O)/C=C/CC(F)(F)F. The minimum absolute atomic E-state index is 0.466. The number of aliphatic carboxylic acids is 1. The average Bonchev–Trinajstić information content (AvgIpc) is 1.59. The summed E-state index contributed by atoms with van der Waals surface area (Å²) in [6.07, 6.45) is -4.49. The van der Waals surface area contributed by atoms with Crippen LogP contribution >= 0.6 is 0 Å². The molecule has 10 heavy (non-hydrogen) atoms. The molecule has 0 radical (unpaired) electrons. The maximum atomic E-state index is 11.3. The number of alkyl halides is 3. The van der Waals surface area contributed by atoms with E-state index in [2.05, 4.69) is 0 Å². The Labute approximate surface area is 55.0 Å². The van der Waals surface area contributed by atoms with Gasteiger partial charge in [0, 0.05) is 6.08 Å². The minimum atomic E-state index is -4.31. The van der Waals surface area contributed by atoms with Gasteiger partial charge in [0.1, 0.15) is 0 Å². The Morgan fingerprint density at radius 1 is 1.50 bits per heavy atom. The molecule has 58 valence electrons. The standard InChI is InChI=1S/C5H5F3O2/c6-5(7,8)3-1-2-4(9)10/h1-2H,3H2,(H,9,10)/b2-1+. The number of carboxylic acid groups (broad SMARTS) is 1. The molecule has 0 spiro atoms. The third-order valence-electron chi connectivity index (χ3n) is 0.610. The van der Waals surface area contributed by atoms with E-state index in [1.54, 1.807) is 0 Å². The molecule has 0 saturated heterocycles. The monoisotopic (exact) mass is 154 g/mol. The van der Waals surface area contributed by atoms with E-state index >= 15 is 0 Å². The summed E-state index contributed by atoms with van der Waals surface area (Å²) in [5.74, 6) is -1.37. The minimum Gasteiger partial charge on any atom is -0.478 e. The van der Waals surface area contributed by atoms with Crippen molar-refractivity contribution in [2.24, 2.45) is 0 Å². The number of carbonyl (C=O) groups is 1. The molecular weight excluding hydrogens is 149 g/mol. The lowest BCUT2D eigenvalue weighted by Gasteiger charge is -1.98. The highest BCUT2D eigenvalue weighted by Gasteiger charge is 2.24. The molecule has 0 fully saturated rings. The molecule has 0 aliphatic heterocycles. The summed E-state index contributed by atoms with van der Waals surface area (Å²) in [6, 6.07) is 0. The lowest BCUT2D eigenvalue weighted by Crippen LogP contribution is -2.04. The van der Waals surface area contributed by atoms with Crippen molar-refractivity contribution in [1.82, 2.24) is 0 Å². The molecule has 0 aromatic heterocycles. The molecule has 0 aliphatic rings. The Balaban J connectivity index is 3.64. The van der Waals surface area contributed by atoms with Crippen molar-refractivity contribution >= 4 is 5.97 Å². The molecule has 0 rings (SSSR count). The van der Waals surface area contributed by atoms with Crippen LogP contribution < -0.4 is 0 Å². The van der Waals surface area contributed by atoms with Gasteiger partial charge in [-0.3, -0.25) is 0 Å². The van der Waals surface area contributed by atoms with Crippen LogP contribution in [0.2, 0.25) is 0 Å². The first-order valence-electron chi connectivity index (χ1n) is 2.38. The molecule has 0 amide bonds. The van der Waals surface area contributed by atoms with Crippen molar-refractivity contribution in [1.29, 1.82) is 0 Å². The lowest BCUT2D eigenvalue weighted by molar-refractivity contribution is -0.131. The van der Waals surface area contributed by atoms with Crippen molar-refractivity contribution in [2.45, 2.75) is 12.6 Å². The summed E-state index contributed by atoms with van der Waals surface area (Å²) in [7, 11) is 0. The van der Waals surface area contributed by atoms with Gasteiger partial charge in [0.2, 0.25) is 0 Å². The molecule has 0 saturated carbocycles. The van der Waals surface area contributed by atoms with E-state index in [-0.39, 0.29) is 0 Å². The third-order valence-corrected chi connectivity index (χ3v) is 0.610. The zero-order valence-corrected chi connectivity index (χ0v) is 4.85. The quantitative estimate of drug-likeness (QED) is 0.613. The second-order valence-corrected chi connectivity index (χ2v) is 1.56. The van der Waals surface area contributed by atoms with Crippen LogP contribution in [0.1, 0.15) is 6.42 Å². The summed E-state index contributed by atoms with van der Waals surface area (Å²) >= 11 is 0. The second kappa shape index (κ2) is 3.24. The average molecular weight is 154 g/mol. The molecule has 0 aromatic carbocycles. The van der Waals surface area contributed by atoms with Crippen LogP contribution in [-0.2, 0) is 4.79 Å². The van der Waals surface area contributed by atoms with Crippen LogP contribution in [0.25, 0.3) is 0 Å². The van der Waals surface area contributed by atoms with Crippen LogP contribution in [0, 0.1) is 0 Å². The van der Waals surface area contributed by atoms with E-state index in [9.17, 15) is 18.0 Å². The smallest absolute Gasteiger partial charge is 0.392 e. The fraction of sp³-hybridized carbons (Fsp3) is 0.400. The van der Waals surface area contributed by atoms with Crippen LogP contribution in [0.15, 0.2) is 12.2 Å². The summed E-state index contributed by atoms with van der Waals surface area (Å²) in [6.45, 7) is 0. The lowest BCUT2D eigenvalue weighted by atomic mass is 10.4. The van der Waals surface area contributed by atoms with E-state index in [0.717, 1.165) is 0 Å². The Hall–Kier alpha value is -1.00. The van der Waals surface area contributed by atoms with Gasteiger partial charge in [-0.1, -0.05) is 6.08 Å². The Kier molecular flexibility index (Phi) is 2.92. The first-order valence-corrected chi connectivity index (χ1v) is 2.38. The molecular formula is C5H5F3O2. The van der Waals surface area contributed by atoms with Crippen LogP contribution in [0.5, 0.6) is 0 Å². The topological polar surface area (TPSA) is 37.3 Å². The van der Waals surface area contributed by atoms with Crippen molar-refractivity contribution < 1.29 is 23.1 Å². The van der Waals surface area contributed by atoms with Gasteiger partial charge in [0.05, 0.1) is 6.42 Å². The maximum Gasteiger partial charge on any atom is 0.392 e. The molecule has 0 atom stereocenters. The molecule has 0 unspecified atom stereocenters. The van der Waals surface area contributed by atoms with Crippen molar-refractivity contribution in [3.05, 3.63) is 12.2 Å². The summed E-state index contributed by atoms with van der Waals surface area (Å²) < 4.78 is 33.8. The molecule has 0 aliphatic carbocycles. The van der Waals surface area contributed by atoms with Crippen molar-refractivity contribution in [3.63, 3.8) is 0 Å². The molecule has 0 bridgehead atoms. The molecule has 1 N–H and O–H groups in total. The maximum absolute atomic E-state index is 11.3. The molecule has 5 heteroatoms. The summed E-state index contributed by atoms with van der Waals surface area (Å²) in [5, 5.41) is 7.86. The van der Waals surface area contributed by atoms with Crippen molar-refractivity contribution in [3.8, 4) is 0 Å². The van der Waals surface area contributed by atoms with E-state index < -0.39 is 18.6 Å². The van der Waals surface area contributed by atoms with Crippen LogP contribution in [-0.4, -0.2) is 17.3 Å². The van der Waals surface area contributed by atoms with Crippen molar-refractivity contribution in [2.75, 3.05) is 0 Å². The van der Waals surface area contributed by atoms with Crippen LogP contribution in [0.3, 0.4) is 0 Å². The van der Waals surface area contributed by atoms with E-state index in [1.165, 1.54) is 0 Å². The first kappa shape index (κ1) is 9.00. The highest BCUT2D eigenvalue weighted by Crippen LogP contribution is 2.19. The Morgan fingerprint density at radius 2 is 2.00 bits per heavy atom. The normalized spacial score (nSPS) is 12.3. The largest absolute Gasteiger partial charge is 0.478 e. The van der Waals surface area contributed by atoms with Gasteiger partial charge in [0.15, 0.2) is 0 Å². The van der Waals surface area contributed by atoms with Gasteiger partial charge >= 0.3 is 12.1 Å². The number of allylic oxidation sites excluding steroid dienone is 1. The zero-order valence-electron chi connectivity index (χ0n) is 4.85. The number of rotatable bonds is 2. The van der Waals surface area contributed by atoms with E-state index in [0.29, 0.717) is 12.2 Å². The van der Waals surface area contributed by atoms with Gasteiger partial charge in [-0.25, -0.2) is 4.79 Å². The Bertz CT molecular complexity index is 147. The molecule has 2 nitrogen and oxygen atoms in total. The highest BCUT2D eigenvalue weighted by molar-refractivity contribution is 5.79. The second-order valence-electron chi connectivity index (χ2n) is 1.56. The van der Waals surface area contributed by atoms with E-state index in [4.69, 9.17) is 5.11 Å². The predicted molar refractivity (Wildman–Crippen MR) is 27.4 cm³/mol. The van der Waals surface area contributed by atoms with Gasteiger partial charge in [-0.2, -0.15) is 13.2 Å². The zero-order chi connectivity index (χ0) is 8.20. The predicted octanol–water partition coefficient (Wildman–Crippen LogP) is 1.58. The van der Waals surface area contributed by atoms with Gasteiger partial charge < -0.3 is 5.11 Å². The third kappa shape index (κ3) is 7.00. The number of halogens is 3. The fourth-order valence-corrected chi connectivity index (χ4v) is 0.293. The molecule has 0 heterocycles. The molecule has 0 aromatic rings. The first-order chi connectivity index (χ1) is 4.42. The summed E-state index contributed by atoms with van der Waals surface area (Å²) in [5.41, 5.74) is 0.